The number of hydrogen-bond acceptors (Lipinski definition) is 5. The molecule has 2 N–H and O–H groups in total. The van der Waals surface area contributed by atoms with E-state index in [2.05, 4.69) is 9.97 Å². The number of para-hydroxylation sites is 2. The van der Waals surface area contributed by atoms with E-state index in [0.29, 0.717) is 18.7 Å². The summed E-state index contributed by atoms with van der Waals surface area (Å²) in [6.07, 6.45) is 6.98. The first kappa shape index (κ1) is 19.7. The quantitative estimate of drug-likeness (QED) is 0.494. The summed E-state index contributed by atoms with van der Waals surface area (Å²) in [5.41, 5.74) is 3.06. The van der Waals surface area contributed by atoms with Gasteiger partial charge < -0.3 is 14.9 Å². The van der Waals surface area contributed by atoms with Crippen LogP contribution in [0.15, 0.2) is 29.1 Å². The Bertz CT molecular complexity index is 1350. The highest BCUT2D eigenvalue weighted by molar-refractivity contribution is 7.18. The van der Waals surface area contributed by atoms with Crippen molar-refractivity contribution in [1.82, 2.24) is 24.8 Å². The van der Waals surface area contributed by atoms with Gasteiger partial charge in [0, 0.05) is 24.3 Å². The standard InChI is InChI=1S/C24H25N5O2S/c30-20(29-13-5-9-17(29)22-25-15-7-2-3-8-16(15)26-22)12-11-19-27-23(31)21-14-6-1-4-10-18(14)32-24(21)28-19/h2-3,7-8,17H,1,4-6,9-13H2,(H,25,26)(H,27,28,31)/t17-/m0/s1. The van der Waals surface area contributed by atoms with Crippen LogP contribution in [0.25, 0.3) is 21.3 Å². The van der Waals surface area contributed by atoms with Gasteiger partial charge in [-0.3, -0.25) is 9.59 Å². The molecule has 0 radical (unpaired) electrons. The largest absolute Gasteiger partial charge is 0.340 e. The number of benzene rings is 1. The van der Waals surface area contributed by atoms with E-state index in [1.807, 2.05) is 29.2 Å². The Morgan fingerprint density at radius 2 is 2.00 bits per heavy atom. The zero-order chi connectivity index (χ0) is 21.7. The van der Waals surface area contributed by atoms with Crippen LogP contribution in [0.3, 0.4) is 0 Å². The molecule has 164 valence electrons. The molecule has 1 saturated heterocycles. The highest BCUT2D eigenvalue weighted by Gasteiger charge is 2.32. The van der Waals surface area contributed by atoms with E-state index >= 15 is 0 Å². The molecular formula is C24H25N5O2S. The van der Waals surface area contributed by atoms with Crippen LogP contribution in [-0.2, 0) is 24.1 Å². The van der Waals surface area contributed by atoms with Gasteiger partial charge in [0.15, 0.2) is 0 Å². The van der Waals surface area contributed by atoms with Crippen molar-refractivity contribution < 1.29 is 4.79 Å². The van der Waals surface area contributed by atoms with Gasteiger partial charge in [-0.2, -0.15) is 0 Å². The summed E-state index contributed by atoms with van der Waals surface area (Å²) in [4.78, 5) is 45.7. The van der Waals surface area contributed by atoms with E-state index in [9.17, 15) is 9.59 Å². The molecule has 4 aromatic rings. The molecule has 0 unspecified atom stereocenters. The lowest BCUT2D eigenvalue weighted by molar-refractivity contribution is -0.132. The Balaban J connectivity index is 1.20. The van der Waals surface area contributed by atoms with Gasteiger partial charge in [0.05, 0.1) is 22.5 Å². The third kappa shape index (κ3) is 3.33. The summed E-state index contributed by atoms with van der Waals surface area (Å²) >= 11 is 1.65. The third-order valence-electron chi connectivity index (χ3n) is 6.75. The van der Waals surface area contributed by atoms with Gasteiger partial charge in [0.1, 0.15) is 16.5 Å². The summed E-state index contributed by atoms with van der Waals surface area (Å²) in [5, 5.41) is 0.768. The van der Waals surface area contributed by atoms with Crippen molar-refractivity contribution in [2.75, 3.05) is 6.54 Å². The van der Waals surface area contributed by atoms with Crippen molar-refractivity contribution in [2.24, 2.45) is 0 Å². The molecule has 6 rings (SSSR count). The lowest BCUT2D eigenvalue weighted by Gasteiger charge is -2.23. The lowest BCUT2D eigenvalue weighted by atomic mass is 9.97. The number of thiophene rings is 1. The molecule has 8 heteroatoms. The number of H-pyrrole nitrogens is 2. The number of hydrogen-bond donors (Lipinski definition) is 2. The van der Waals surface area contributed by atoms with Crippen LogP contribution in [0, 0.1) is 0 Å². The second-order valence-corrected chi connectivity index (χ2v) is 9.87. The molecule has 4 heterocycles. The van der Waals surface area contributed by atoms with Crippen molar-refractivity contribution >= 4 is 38.5 Å². The molecule has 2 aliphatic rings. The van der Waals surface area contributed by atoms with Gasteiger partial charge in [-0.15, -0.1) is 11.3 Å². The number of nitrogens with one attached hydrogen (secondary N) is 2. The van der Waals surface area contributed by atoms with Gasteiger partial charge in [-0.05, 0) is 56.2 Å². The minimum absolute atomic E-state index is 0.0200. The Morgan fingerprint density at radius 3 is 2.91 bits per heavy atom. The van der Waals surface area contributed by atoms with Crippen LogP contribution >= 0.6 is 11.3 Å². The summed E-state index contributed by atoms with van der Waals surface area (Å²) in [6, 6.07) is 7.92. The molecule has 32 heavy (non-hydrogen) atoms. The van der Waals surface area contributed by atoms with E-state index < -0.39 is 0 Å². The molecule has 1 aromatic carbocycles. The number of aryl methyl sites for hydroxylation is 3. The Hall–Kier alpha value is -3.00. The molecule has 1 aliphatic heterocycles. The van der Waals surface area contributed by atoms with Crippen LogP contribution in [-0.4, -0.2) is 37.3 Å². The molecule has 1 aliphatic carbocycles. The van der Waals surface area contributed by atoms with Gasteiger partial charge in [0.25, 0.3) is 5.56 Å². The first-order valence-electron chi connectivity index (χ1n) is 11.4. The van der Waals surface area contributed by atoms with E-state index in [0.717, 1.165) is 65.7 Å². The van der Waals surface area contributed by atoms with E-state index in [4.69, 9.17) is 9.97 Å². The van der Waals surface area contributed by atoms with Gasteiger partial charge >= 0.3 is 0 Å². The van der Waals surface area contributed by atoms with Crippen LogP contribution in [0.1, 0.15) is 60.2 Å². The van der Waals surface area contributed by atoms with Crippen LogP contribution in [0.2, 0.25) is 0 Å². The number of amides is 1. The van der Waals surface area contributed by atoms with Crippen molar-refractivity contribution in [2.45, 2.75) is 57.4 Å². The average Bonchev–Trinajstić information content (AvgIpc) is 3.53. The molecule has 0 bridgehead atoms. The normalized spacial score (nSPS) is 18.5. The monoisotopic (exact) mass is 447 g/mol. The second kappa shape index (κ2) is 7.85. The van der Waals surface area contributed by atoms with Crippen molar-refractivity contribution in [3.05, 3.63) is 56.7 Å². The molecular weight excluding hydrogens is 422 g/mol. The highest BCUT2D eigenvalue weighted by atomic mass is 32.1. The topological polar surface area (TPSA) is 94.7 Å². The van der Waals surface area contributed by atoms with Crippen molar-refractivity contribution in [1.29, 1.82) is 0 Å². The van der Waals surface area contributed by atoms with Crippen molar-refractivity contribution in [3.63, 3.8) is 0 Å². The fourth-order valence-electron chi connectivity index (χ4n) is 5.18. The molecule has 7 nitrogen and oxygen atoms in total. The molecule has 1 amide bonds. The zero-order valence-electron chi connectivity index (χ0n) is 17.8. The van der Waals surface area contributed by atoms with Crippen LogP contribution < -0.4 is 5.56 Å². The number of carbonyl (C=O) groups is 1. The van der Waals surface area contributed by atoms with Gasteiger partial charge in [0.2, 0.25) is 5.91 Å². The minimum Gasteiger partial charge on any atom is -0.340 e. The first-order chi connectivity index (χ1) is 15.7. The Kier molecular flexibility index (Phi) is 4.82. The Morgan fingerprint density at radius 1 is 1.12 bits per heavy atom. The molecule has 1 atom stereocenters. The Labute approximate surface area is 188 Å². The maximum Gasteiger partial charge on any atom is 0.259 e. The SMILES string of the molecule is O=C(CCc1nc2sc3c(c2c(=O)[nH]1)CCCC3)N1CCC[C@H]1c1nc2ccccc2[nH]1. The first-order valence-corrected chi connectivity index (χ1v) is 12.3. The smallest absolute Gasteiger partial charge is 0.259 e. The highest BCUT2D eigenvalue weighted by Crippen LogP contribution is 2.34. The van der Waals surface area contributed by atoms with Crippen LogP contribution in [0.5, 0.6) is 0 Å². The third-order valence-corrected chi connectivity index (χ3v) is 7.93. The molecule has 0 spiro atoms. The van der Waals surface area contributed by atoms with E-state index in [1.165, 1.54) is 16.9 Å². The molecule has 0 saturated carbocycles. The average molecular weight is 448 g/mol. The maximum atomic E-state index is 13.1. The summed E-state index contributed by atoms with van der Waals surface area (Å²) in [6.45, 7) is 0.737. The maximum absolute atomic E-state index is 13.1. The summed E-state index contributed by atoms with van der Waals surface area (Å²) in [7, 11) is 0. The zero-order valence-corrected chi connectivity index (χ0v) is 18.6. The van der Waals surface area contributed by atoms with E-state index in [-0.39, 0.29) is 17.5 Å². The number of fused-ring (bicyclic) bond motifs is 4. The molecule has 3 aromatic heterocycles. The number of rotatable bonds is 4. The number of carbonyl (C=O) groups excluding carboxylic acids is 1. The van der Waals surface area contributed by atoms with Gasteiger partial charge in [-0.1, -0.05) is 12.1 Å². The number of aromatic nitrogens is 4. The lowest BCUT2D eigenvalue weighted by Crippen LogP contribution is -2.31. The number of likely N-dealkylation sites (tertiary alicyclic amines) is 1. The summed E-state index contributed by atoms with van der Waals surface area (Å²) < 4.78 is 0. The minimum atomic E-state index is -0.0572. The number of aromatic amines is 2. The second-order valence-electron chi connectivity index (χ2n) is 8.79. The number of imidazole rings is 1. The fourth-order valence-corrected chi connectivity index (χ4v) is 6.46. The summed E-state index contributed by atoms with van der Waals surface area (Å²) in [5.74, 6) is 1.55. The van der Waals surface area contributed by atoms with Crippen LogP contribution in [0.4, 0.5) is 0 Å². The van der Waals surface area contributed by atoms with Gasteiger partial charge in [-0.25, -0.2) is 9.97 Å². The fraction of sp³-hybridized carbons (Fsp3) is 0.417. The predicted octanol–water partition coefficient (Wildman–Crippen LogP) is 4.04. The van der Waals surface area contributed by atoms with E-state index in [1.54, 1.807) is 11.3 Å². The molecule has 1 fully saturated rings. The van der Waals surface area contributed by atoms with Crippen molar-refractivity contribution in [3.8, 4) is 0 Å². The predicted molar refractivity (Wildman–Crippen MR) is 125 cm³/mol. The number of nitrogens with zero attached hydrogens (tertiary/aromatic N) is 3.